The van der Waals surface area contributed by atoms with Crippen LogP contribution in [0.3, 0.4) is 0 Å². The Kier molecular flexibility index (Phi) is 3.61. The second-order valence-electron chi connectivity index (χ2n) is 4.19. The van der Waals surface area contributed by atoms with E-state index in [-0.39, 0.29) is 11.3 Å². The lowest BCUT2D eigenvalue weighted by Crippen LogP contribution is -2.08. The number of alkyl halides is 3. The molecule has 20 heavy (non-hydrogen) atoms. The summed E-state index contributed by atoms with van der Waals surface area (Å²) in [5.41, 5.74) is 0.383. The molecule has 0 saturated carbocycles. The Morgan fingerprint density at radius 2 is 2.00 bits per heavy atom. The van der Waals surface area contributed by atoms with Crippen molar-refractivity contribution in [3.8, 4) is 6.07 Å². The topological polar surface area (TPSA) is 48.7 Å². The second kappa shape index (κ2) is 5.21. The third-order valence-corrected chi connectivity index (χ3v) is 2.76. The fourth-order valence-corrected chi connectivity index (χ4v) is 1.75. The summed E-state index contributed by atoms with van der Waals surface area (Å²) in [6.45, 7) is 1.40. The summed E-state index contributed by atoms with van der Waals surface area (Å²) in [5.74, 6) is 0. The van der Waals surface area contributed by atoms with E-state index in [4.69, 9.17) is 5.26 Å². The number of nitriles is 1. The maximum absolute atomic E-state index is 12.8. The molecule has 0 atom stereocenters. The average molecular weight is 277 g/mol. The van der Waals surface area contributed by atoms with Crippen molar-refractivity contribution in [2.75, 3.05) is 5.32 Å². The SMILES string of the molecule is Cc1ccc(Nc2cnccc2C#N)cc1C(F)(F)F. The Morgan fingerprint density at radius 3 is 2.65 bits per heavy atom. The number of halogens is 3. The van der Waals surface area contributed by atoms with Crippen molar-refractivity contribution in [3.63, 3.8) is 0 Å². The van der Waals surface area contributed by atoms with Crippen LogP contribution in [0.15, 0.2) is 36.7 Å². The molecule has 2 rings (SSSR count). The van der Waals surface area contributed by atoms with Crippen LogP contribution in [-0.2, 0) is 6.18 Å². The molecule has 0 saturated heterocycles. The zero-order valence-corrected chi connectivity index (χ0v) is 10.5. The van der Waals surface area contributed by atoms with E-state index < -0.39 is 11.7 Å². The fourth-order valence-electron chi connectivity index (χ4n) is 1.75. The predicted molar refractivity (Wildman–Crippen MR) is 68.4 cm³/mol. The van der Waals surface area contributed by atoms with Crippen LogP contribution >= 0.6 is 0 Å². The predicted octanol–water partition coefficient (Wildman–Crippen LogP) is 4.02. The first-order valence-corrected chi connectivity index (χ1v) is 5.71. The number of hydrogen-bond donors (Lipinski definition) is 1. The number of aryl methyl sites for hydroxylation is 1. The summed E-state index contributed by atoms with van der Waals surface area (Å²) in [6.07, 6.45) is -1.57. The maximum atomic E-state index is 12.8. The van der Waals surface area contributed by atoms with Crippen molar-refractivity contribution in [2.45, 2.75) is 13.1 Å². The molecule has 0 fully saturated rings. The minimum Gasteiger partial charge on any atom is -0.353 e. The van der Waals surface area contributed by atoms with Crippen LogP contribution in [0, 0.1) is 18.3 Å². The van der Waals surface area contributed by atoms with Crippen LogP contribution in [0.1, 0.15) is 16.7 Å². The van der Waals surface area contributed by atoms with Crippen LogP contribution in [0.25, 0.3) is 0 Å². The van der Waals surface area contributed by atoms with Gasteiger partial charge < -0.3 is 5.32 Å². The molecule has 2 aromatic rings. The van der Waals surface area contributed by atoms with Gasteiger partial charge in [-0.1, -0.05) is 6.07 Å². The Labute approximate surface area is 113 Å². The van der Waals surface area contributed by atoms with Gasteiger partial charge in [-0.2, -0.15) is 18.4 Å². The summed E-state index contributed by atoms with van der Waals surface area (Å²) in [7, 11) is 0. The molecule has 1 N–H and O–H groups in total. The van der Waals surface area contributed by atoms with Gasteiger partial charge in [-0.3, -0.25) is 4.98 Å². The molecular weight excluding hydrogens is 267 g/mol. The van der Waals surface area contributed by atoms with Crippen LogP contribution in [-0.4, -0.2) is 4.98 Å². The summed E-state index contributed by atoms with van der Waals surface area (Å²) >= 11 is 0. The highest BCUT2D eigenvalue weighted by atomic mass is 19.4. The summed E-state index contributed by atoms with van der Waals surface area (Å²) in [4.78, 5) is 3.84. The molecule has 0 aliphatic heterocycles. The number of aromatic nitrogens is 1. The van der Waals surface area contributed by atoms with Gasteiger partial charge >= 0.3 is 6.18 Å². The highest BCUT2D eigenvalue weighted by Crippen LogP contribution is 2.34. The molecule has 0 unspecified atom stereocenters. The molecular formula is C14H10F3N3. The monoisotopic (exact) mass is 277 g/mol. The van der Waals surface area contributed by atoms with Crippen molar-refractivity contribution in [2.24, 2.45) is 0 Å². The lowest BCUT2D eigenvalue weighted by Gasteiger charge is -2.13. The zero-order chi connectivity index (χ0) is 14.8. The van der Waals surface area contributed by atoms with Crippen LogP contribution < -0.4 is 5.32 Å². The first-order valence-electron chi connectivity index (χ1n) is 5.71. The van der Waals surface area contributed by atoms with E-state index in [0.717, 1.165) is 6.07 Å². The first-order chi connectivity index (χ1) is 9.41. The third kappa shape index (κ3) is 2.88. The Hall–Kier alpha value is -2.55. The molecule has 0 aliphatic rings. The van der Waals surface area contributed by atoms with Crippen LogP contribution in [0.2, 0.25) is 0 Å². The van der Waals surface area contributed by atoms with Crippen molar-refractivity contribution in [1.82, 2.24) is 4.98 Å². The van der Waals surface area contributed by atoms with E-state index in [1.165, 1.54) is 37.5 Å². The Bertz CT molecular complexity index is 672. The van der Waals surface area contributed by atoms with Crippen molar-refractivity contribution in [1.29, 1.82) is 5.26 Å². The van der Waals surface area contributed by atoms with Gasteiger partial charge in [-0.05, 0) is 30.7 Å². The molecule has 6 heteroatoms. The quantitative estimate of drug-likeness (QED) is 0.901. The van der Waals surface area contributed by atoms with Gasteiger partial charge in [0.2, 0.25) is 0 Å². The molecule has 1 aromatic carbocycles. The average Bonchev–Trinajstić information content (AvgIpc) is 2.40. The third-order valence-electron chi connectivity index (χ3n) is 2.76. The Morgan fingerprint density at radius 1 is 1.25 bits per heavy atom. The fraction of sp³-hybridized carbons (Fsp3) is 0.143. The van der Waals surface area contributed by atoms with E-state index in [0.29, 0.717) is 11.3 Å². The summed E-state index contributed by atoms with van der Waals surface area (Å²) in [5, 5.41) is 11.7. The lowest BCUT2D eigenvalue weighted by molar-refractivity contribution is -0.138. The highest BCUT2D eigenvalue weighted by molar-refractivity contribution is 5.66. The van der Waals surface area contributed by atoms with E-state index in [2.05, 4.69) is 10.3 Å². The molecule has 0 spiro atoms. The first kappa shape index (κ1) is 13.9. The molecule has 0 radical (unpaired) electrons. The van der Waals surface area contributed by atoms with Crippen molar-refractivity contribution in [3.05, 3.63) is 53.3 Å². The zero-order valence-electron chi connectivity index (χ0n) is 10.5. The van der Waals surface area contributed by atoms with E-state index >= 15 is 0 Å². The smallest absolute Gasteiger partial charge is 0.353 e. The molecule has 3 nitrogen and oxygen atoms in total. The number of benzene rings is 1. The van der Waals surface area contributed by atoms with Crippen molar-refractivity contribution < 1.29 is 13.2 Å². The molecule has 0 aliphatic carbocycles. The van der Waals surface area contributed by atoms with Gasteiger partial charge in [0.05, 0.1) is 23.0 Å². The lowest BCUT2D eigenvalue weighted by atomic mass is 10.1. The number of anilines is 2. The van der Waals surface area contributed by atoms with Crippen LogP contribution in [0.5, 0.6) is 0 Å². The molecule has 0 bridgehead atoms. The minimum atomic E-state index is -4.41. The number of nitrogens with one attached hydrogen (secondary N) is 1. The van der Waals surface area contributed by atoms with E-state index in [1.54, 1.807) is 0 Å². The van der Waals surface area contributed by atoms with Crippen LogP contribution in [0.4, 0.5) is 24.5 Å². The highest BCUT2D eigenvalue weighted by Gasteiger charge is 2.32. The van der Waals surface area contributed by atoms with E-state index in [1.807, 2.05) is 6.07 Å². The largest absolute Gasteiger partial charge is 0.416 e. The number of nitrogens with zero attached hydrogens (tertiary/aromatic N) is 2. The standard InChI is InChI=1S/C14H10F3N3/c1-9-2-3-11(6-12(9)14(15,16)17)20-13-8-19-5-4-10(13)7-18/h2-6,8,20H,1H3. The van der Waals surface area contributed by atoms with Gasteiger partial charge in [0.1, 0.15) is 6.07 Å². The Balaban J connectivity index is 2.38. The number of pyridine rings is 1. The van der Waals surface area contributed by atoms with Crippen molar-refractivity contribution >= 4 is 11.4 Å². The molecule has 102 valence electrons. The molecule has 1 aromatic heterocycles. The van der Waals surface area contributed by atoms with Gasteiger partial charge in [0, 0.05) is 11.9 Å². The second-order valence-corrected chi connectivity index (χ2v) is 4.19. The molecule has 0 amide bonds. The van der Waals surface area contributed by atoms with Gasteiger partial charge in [0.15, 0.2) is 0 Å². The minimum absolute atomic E-state index is 0.148. The van der Waals surface area contributed by atoms with E-state index in [9.17, 15) is 13.2 Å². The van der Waals surface area contributed by atoms with Gasteiger partial charge in [0.25, 0.3) is 0 Å². The van der Waals surface area contributed by atoms with Gasteiger partial charge in [-0.15, -0.1) is 0 Å². The number of rotatable bonds is 2. The number of hydrogen-bond acceptors (Lipinski definition) is 3. The maximum Gasteiger partial charge on any atom is 0.416 e. The normalized spacial score (nSPS) is 10.9. The summed E-state index contributed by atoms with van der Waals surface area (Å²) in [6, 6.07) is 7.36. The molecule has 1 heterocycles. The summed E-state index contributed by atoms with van der Waals surface area (Å²) < 4.78 is 38.5. The van der Waals surface area contributed by atoms with Gasteiger partial charge in [-0.25, -0.2) is 0 Å².